The van der Waals surface area contributed by atoms with Gasteiger partial charge in [-0.3, -0.25) is 9.59 Å². The number of aromatic carboxylic acids is 1. The number of benzene rings is 1. The molecule has 0 bridgehead atoms. The van der Waals surface area contributed by atoms with Crippen molar-refractivity contribution >= 4 is 17.8 Å². The lowest BCUT2D eigenvalue weighted by Crippen LogP contribution is -2.46. The first-order valence-corrected chi connectivity index (χ1v) is 7.34. The molecule has 1 saturated carbocycles. The minimum atomic E-state index is -0.977. The van der Waals surface area contributed by atoms with Crippen molar-refractivity contribution in [3.63, 3.8) is 0 Å². The SMILES string of the molecule is CNC(=O)C1(C(=O)N2CCc3ccc(C(=O)O)cc3C2)CC1. The summed E-state index contributed by atoms with van der Waals surface area (Å²) in [5, 5.41) is 11.6. The molecule has 3 rings (SSSR count). The first-order chi connectivity index (χ1) is 10.5. The molecule has 1 aromatic carbocycles. The maximum Gasteiger partial charge on any atom is 0.335 e. The average molecular weight is 302 g/mol. The molecule has 1 aliphatic carbocycles. The second-order valence-corrected chi connectivity index (χ2v) is 5.93. The van der Waals surface area contributed by atoms with Crippen LogP contribution in [0.3, 0.4) is 0 Å². The van der Waals surface area contributed by atoms with Crippen molar-refractivity contribution in [3.05, 3.63) is 34.9 Å². The predicted molar refractivity (Wildman–Crippen MR) is 78.3 cm³/mol. The molecular formula is C16H18N2O4. The van der Waals surface area contributed by atoms with Crippen molar-refractivity contribution in [3.8, 4) is 0 Å². The molecule has 0 spiro atoms. The smallest absolute Gasteiger partial charge is 0.335 e. The summed E-state index contributed by atoms with van der Waals surface area (Å²) in [6.07, 6.45) is 1.86. The highest BCUT2D eigenvalue weighted by molar-refractivity contribution is 6.07. The molecule has 0 saturated heterocycles. The summed E-state index contributed by atoms with van der Waals surface area (Å²) in [6, 6.07) is 5.02. The number of nitrogens with zero attached hydrogens (tertiary/aromatic N) is 1. The molecule has 22 heavy (non-hydrogen) atoms. The highest BCUT2D eigenvalue weighted by Gasteiger charge is 2.57. The number of carbonyl (C=O) groups excluding carboxylic acids is 2. The zero-order chi connectivity index (χ0) is 15.9. The third kappa shape index (κ3) is 2.24. The van der Waals surface area contributed by atoms with E-state index < -0.39 is 11.4 Å². The van der Waals surface area contributed by atoms with Crippen LogP contribution in [0.15, 0.2) is 18.2 Å². The lowest BCUT2D eigenvalue weighted by molar-refractivity contribution is -0.144. The summed E-state index contributed by atoms with van der Waals surface area (Å²) >= 11 is 0. The van der Waals surface area contributed by atoms with Gasteiger partial charge in [-0.05, 0) is 42.5 Å². The minimum absolute atomic E-state index is 0.141. The van der Waals surface area contributed by atoms with Crippen LogP contribution in [0.2, 0.25) is 0 Å². The Morgan fingerprint density at radius 2 is 1.95 bits per heavy atom. The van der Waals surface area contributed by atoms with Gasteiger partial charge in [0, 0.05) is 20.1 Å². The summed E-state index contributed by atoms with van der Waals surface area (Å²) in [6.45, 7) is 0.936. The summed E-state index contributed by atoms with van der Waals surface area (Å²) in [7, 11) is 1.54. The van der Waals surface area contributed by atoms with E-state index in [1.54, 1.807) is 24.1 Å². The van der Waals surface area contributed by atoms with Crippen molar-refractivity contribution in [2.75, 3.05) is 13.6 Å². The molecule has 2 aliphatic rings. The Kier molecular flexibility index (Phi) is 3.39. The summed E-state index contributed by atoms with van der Waals surface area (Å²) in [5.74, 6) is -1.34. The average Bonchev–Trinajstić information content (AvgIpc) is 3.34. The van der Waals surface area contributed by atoms with Gasteiger partial charge in [-0.25, -0.2) is 4.79 Å². The molecule has 6 heteroatoms. The molecule has 0 unspecified atom stereocenters. The van der Waals surface area contributed by atoms with Crippen molar-refractivity contribution < 1.29 is 19.5 Å². The van der Waals surface area contributed by atoms with Gasteiger partial charge in [0.05, 0.1) is 5.56 Å². The van der Waals surface area contributed by atoms with Crippen LogP contribution in [0.5, 0.6) is 0 Å². The van der Waals surface area contributed by atoms with E-state index >= 15 is 0 Å². The quantitative estimate of drug-likeness (QED) is 0.808. The second-order valence-electron chi connectivity index (χ2n) is 5.93. The normalized spacial score (nSPS) is 18.3. The molecular weight excluding hydrogens is 284 g/mol. The molecule has 116 valence electrons. The Morgan fingerprint density at radius 1 is 1.23 bits per heavy atom. The Bertz CT molecular complexity index is 664. The molecule has 0 aromatic heterocycles. The fraction of sp³-hybridized carbons (Fsp3) is 0.438. The largest absolute Gasteiger partial charge is 0.478 e. The molecule has 2 amide bonds. The molecule has 1 aliphatic heterocycles. The van der Waals surface area contributed by atoms with Gasteiger partial charge >= 0.3 is 5.97 Å². The van der Waals surface area contributed by atoms with Gasteiger partial charge in [0.15, 0.2) is 0 Å². The molecule has 1 fully saturated rings. The Labute approximate surface area is 128 Å². The van der Waals surface area contributed by atoms with E-state index in [0.29, 0.717) is 32.4 Å². The molecule has 6 nitrogen and oxygen atoms in total. The summed E-state index contributed by atoms with van der Waals surface area (Å²) < 4.78 is 0. The molecule has 0 atom stereocenters. The van der Waals surface area contributed by atoms with Crippen LogP contribution in [0.25, 0.3) is 0 Å². The Balaban J connectivity index is 1.82. The van der Waals surface area contributed by atoms with E-state index in [0.717, 1.165) is 11.1 Å². The monoisotopic (exact) mass is 302 g/mol. The Morgan fingerprint density at radius 3 is 2.55 bits per heavy atom. The highest BCUT2D eigenvalue weighted by Crippen LogP contribution is 2.48. The minimum Gasteiger partial charge on any atom is -0.478 e. The van der Waals surface area contributed by atoms with E-state index in [1.807, 2.05) is 6.07 Å². The van der Waals surface area contributed by atoms with E-state index in [2.05, 4.69) is 5.32 Å². The van der Waals surface area contributed by atoms with Crippen molar-refractivity contribution in [2.24, 2.45) is 5.41 Å². The predicted octanol–water partition coefficient (Wildman–Crippen LogP) is 0.796. The zero-order valence-corrected chi connectivity index (χ0v) is 12.4. The van der Waals surface area contributed by atoms with Crippen LogP contribution in [0, 0.1) is 5.41 Å². The zero-order valence-electron chi connectivity index (χ0n) is 12.4. The van der Waals surface area contributed by atoms with Crippen molar-refractivity contribution in [1.29, 1.82) is 0 Å². The van der Waals surface area contributed by atoms with Gasteiger partial charge in [0.2, 0.25) is 11.8 Å². The van der Waals surface area contributed by atoms with Gasteiger partial charge in [-0.1, -0.05) is 6.07 Å². The lowest BCUT2D eigenvalue weighted by atomic mass is 9.95. The fourth-order valence-electron chi connectivity index (χ4n) is 3.07. The third-order valence-corrected chi connectivity index (χ3v) is 4.57. The van der Waals surface area contributed by atoms with Crippen LogP contribution in [-0.2, 0) is 22.6 Å². The van der Waals surface area contributed by atoms with E-state index in [1.165, 1.54) is 0 Å². The van der Waals surface area contributed by atoms with Crippen LogP contribution in [0.1, 0.15) is 34.3 Å². The van der Waals surface area contributed by atoms with Gasteiger partial charge in [0.25, 0.3) is 0 Å². The van der Waals surface area contributed by atoms with Gasteiger partial charge in [0.1, 0.15) is 5.41 Å². The number of fused-ring (bicyclic) bond motifs is 1. The third-order valence-electron chi connectivity index (χ3n) is 4.57. The maximum absolute atomic E-state index is 12.7. The highest BCUT2D eigenvalue weighted by atomic mass is 16.4. The first-order valence-electron chi connectivity index (χ1n) is 7.34. The number of carboxylic acids is 1. The number of hydrogen-bond donors (Lipinski definition) is 2. The second kappa shape index (κ2) is 5.12. The number of amides is 2. The van der Waals surface area contributed by atoms with Crippen molar-refractivity contribution in [2.45, 2.75) is 25.8 Å². The maximum atomic E-state index is 12.7. The first kappa shape index (κ1) is 14.6. The van der Waals surface area contributed by atoms with Crippen LogP contribution >= 0.6 is 0 Å². The summed E-state index contributed by atoms with van der Waals surface area (Å²) in [5.41, 5.74) is 1.25. The van der Waals surface area contributed by atoms with E-state index in [-0.39, 0.29) is 17.4 Å². The van der Waals surface area contributed by atoms with Crippen LogP contribution < -0.4 is 5.32 Å². The number of carboxylic acid groups (broad SMARTS) is 1. The number of rotatable bonds is 3. The lowest BCUT2D eigenvalue weighted by Gasteiger charge is -2.31. The topological polar surface area (TPSA) is 86.7 Å². The number of carbonyl (C=O) groups is 3. The molecule has 1 heterocycles. The van der Waals surface area contributed by atoms with Crippen LogP contribution in [-0.4, -0.2) is 41.4 Å². The van der Waals surface area contributed by atoms with Gasteiger partial charge in [-0.15, -0.1) is 0 Å². The standard InChI is InChI=1S/C16H18N2O4/c1-17-14(21)16(5-6-16)15(22)18-7-4-10-2-3-11(13(19)20)8-12(10)9-18/h2-3,8H,4-7,9H2,1H3,(H,17,21)(H,19,20). The van der Waals surface area contributed by atoms with E-state index in [9.17, 15) is 14.4 Å². The molecule has 2 N–H and O–H groups in total. The van der Waals surface area contributed by atoms with Gasteiger partial charge in [-0.2, -0.15) is 0 Å². The van der Waals surface area contributed by atoms with Crippen LogP contribution in [0.4, 0.5) is 0 Å². The molecule has 0 radical (unpaired) electrons. The van der Waals surface area contributed by atoms with Crippen molar-refractivity contribution in [1.82, 2.24) is 10.2 Å². The number of hydrogen-bond acceptors (Lipinski definition) is 3. The van der Waals surface area contributed by atoms with Gasteiger partial charge < -0.3 is 15.3 Å². The Hall–Kier alpha value is -2.37. The fourth-order valence-corrected chi connectivity index (χ4v) is 3.07. The van der Waals surface area contributed by atoms with E-state index in [4.69, 9.17) is 5.11 Å². The number of nitrogens with one attached hydrogen (secondary N) is 1. The molecule has 1 aromatic rings. The summed E-state index contributed by atoms with van der Waals surface area (Å²) in [4.78, 5) is 37.3.